The lowest BCUT2D eigenvalue weighted by atomic mass is 9.76. The summed E-state index contributed by atoms with van der Waals surface area (Å²) in [5.74, 6) is -1.05. The Bertz CT molecular complexity index is 2600. The Hall–Kier alpha value is -7.41. The minimum atomic E-state index is -0.860. The molecule has 75 heavy (non-hydrogen) atoms. The molecular weight excluding hydrogens is 957 g/mol. The van der Waals surface area contributed by atoms with Crippen molar-refractivity contribution in [3.63, 3.8) is 0 Å². The Balaban J connectivity index is 1.05. The number of morpholine rings is 1. The van der Waals surface area contributed by atoms with Gasteiger partial charge in [-0.3, -0.25) is 19.2 Å². The first kappa shape index (κ1) is 53.9. The quantitative estimate of drug-likeness (QED) is 0.0670. The van der Waals surface area contributed by atoms with Crippen LogP contribution in [-0.2, 0) is 33.4 Å². The van der Waals surface area contributed by atoms with E-state index in [0.717, 1.165) is 59.6 Å². The molecule has 4 heterocycles. The number of hydrogen-bond donors (Lipinski definition) is 6. The van der Waals surface area contributed by atoms with Crippen LogP contribution in [0.3, 0.4) is 0 Å². The van der Waals surface area contributed by atoms with Crippen LogP contribution in [0.4, 0.5) is 38.2 Å². The van der Waals surface area contributed by atoms with Crippen LogP contribution < -0.4 is 37.6 Å². The van der Waals surface area contributed by atoms with Gasteiger partial charge in [0.25, 0.3) is 0 Å². The Labute approximate surface area is 438 Å². The Morgan fingerprint density at radius 1 is 0.613 bits per heavy atom. The topological polar surface area (TPSA) is 253 Å². The number of carbonyl (C=O) groups excluding carboxylic acids is 6. The maximum atomic E-state index is 13.9. The summed E-state index contributed by atoms with van der Waals surface area (Å²) >= 11 is 0. The second-order valence-corrected chi connectivity index (χ2v) is 20.7. The third kappa shape index (κ3) is 12.1. The molecule has 1 aromatic heterocycles. The number of nitrogens with zero attached hydrogens (tertiary/aromatic N) is 4. The van der Waals surface area contributed by atoms with Crippen LogP contribution in [0, 0.1) is 11.8 Å². The van der Waals surface area contributed by atoms with E-state index < -0.39 is 36.4 Å². The first-order valence-electron chi connectivity index (χ1n) is 26.2. The molecule has 1 saturated carbocycles. The molecule has 8 rings (SSSR count). The number of methoxy groups -OCH3 is 2. The van der Waals surface area contributed by atoms with E-state index in [2.05, 4.69) is 62.6 Å². The van der Waals surface area contributed by atoms with Crippen molar-refractivity contribution in [3.8, 4) is 11.1 Å². The number of nitrogen functional groups attached to an aromatic ring is 2. The molecule has 3 aromatic carbocycles. The van der Waals surface area contributed by atoms with Crippen LogP contribution in [0.5, 0.6) is 0 Å². The highest BCUT2D eigenvalue weighted by Gasteiger charge is 2.42. The highest BCUT2D eigenvalue weighted by atomic mass is 16.5. The maximum absolute atomic E-state index is 13.9. The molecule has 19 nitrogen and oxygen atoms in total. The number of benzene rings is 3. The summed E-state index contributed by atoms with van der Waals surface area (Å²) in [6, 6.07) is 21.0. The molecule has 0 radical (unpaired) electrons. The van der Waals surface area contributed by atoms with E-state index in [1.807, 2.05) is 70.3 Å². The molecule has 4 fully saturated rings. The molecule has 0 unspecified atom stereocenters. The third-order valence-electron chi connectivity index (χ3n) is 15.3. The van der Waals surface area contributed by atoms with Crippen molar-refractivity contribution in [3.05, 3.63) is 95.7 Å². The molecule has 4 aliphatic rings. The maximum Gasteiger partial charge on any atom is 0.407 e. The van der Waals surface area contributed by atoms with E-state index in [1.165, 1.54) is 24.0 Å². The van der Waals surface area contributed by atoms with E-state index in [-0.39, 0.29) is 53.2 Å². The van der Waals surface area contributed by atoms with Crippen molar-refractivity contribution in [1.82, 2.24) is 25.4 Å². The van der Waals surface area contributed by atoms with Gasteiger partial charge in [0.2, 0.25) is 23.6 Å². The van der Waals surface area contributed by atoms with Crippen molar-refractivity contribution >= 4 is 64.4 Å². The number of ether oxygens (including phenoxy) is 3. The lowest BCUT2D eigenvalue weighted by Gasteiger charge is -2.30. The van der Waals surface area contributed by atoms with Crippen LogP contribution in [0.1, 0.15) is 101 Å². The molecule has 1 aliphatic carbocycles. The van der Waals surface area contributed by atoms with Crippen molar-refractivity contribution in [2.45, 2.75) is 108 Å². The number of amides is 6. The van der Waals surface area contributed by atoms with Crippen molar-refractivity contribution < 1.29 is 43.0 Å². The standard InChI is InChI=1S/C56H72N10O9/c1-32(2)49(62-55(71)73-5)53(69)65-22-8-12-45(65)51(67)60-43-19-14-35(29-41(43)57)39-17-18-40(48(39)37-11-7-10-34(28-37)38-16-21-47(59-31-38)64-24-26-75-27-25-64)36-15-20-44(42(58)30-36)61-52(68)46-13-9-23-66(46)54(70)50(33(3)4)63-56(72)74-6/h7,10-11,14-16,19-21,28-33,39-40,45-46,48-50H,8-9,12-13,17-18,22-27,57-58H2,1-6H3,(H,60,67)(H,61,68)(H,62,71)(H,63,72)/t39-,40-,45+,46+,49+,50+/m1/s1. The van der Waals surface area contributed by atoms with Gasteiger partial charge in [-0.2, -0.15) is 0 Å². The number of nitrogens with one attached hydrogen (secondary N) is 4. The Morgan fingerprint density at radius 3 is 1.56 bits per heavy atom. The van der Waals surface area contributed by atoms with Gasteiger partial charge < -0.3 is 61.6 Å². The molecule has 6 amide bonds. The summed E-state index contributed by atoms with van der Waals surface area (Å²) in [6.07, 6.45) is 4.29. The minimum Gasteiger partial charge on any atom is -0.453 e. The average molecular weight is 1030 g/mol. The fourth-order valence-corrected chi connectivity index (χ4v) is 11.3. The van der Waals surface area contributed by atoms with Crippen LogP contribution in [0.2, 0.25) is 0 Å². The monoisotopic (exact) mass is 1030 g/mol. The van der Waals surface area contributed by atoms with Gasteiger partial charge in [-0.05, 0) is 127 Å². The SMILES string of the molecule is COC(=O)N[C@H](C(=O)N1CCC[C@H]1C(=O)Nc1ccc([C@H]2CC[C@H](c3ccc(NC(=O)[C@@H]4CCCN4C(=O)[C@@H](NC(=O)OC)C(C)C)c(N)c3)C2c2cccc(-c3ccc(N4CCOCC4)nc3)c2)cc1N)C(C)C. The molecule has 0 bridgehead atoms. The van der Waals surface area contributed by atoms with E-state index in [0.29, 0.717) is 74.7 Å². The number of hydrogen-bond acceptors (Lipinski definition) is 13. The molecular formula is C56H72N10O9. The van der Waals surface area contributed by atoms with Crippen molar-refractivity contribution in [1.29, 1.82) is 0 Å². The van der Waals surface area contributed by atoms with E-state index in [9.17, 15) is 28.8 Å². The minimum absolute atomic E-state index is 0.00725. The van der Waals surface area contributed by atoms with Gasteiger partial charge in [-0.1, -0.05) is 64.1 Å². The average Bonchev–Trinajstić information content (AvgIpc) is 4.22. The van der Waals surface area contributed by atoms with E-state index >= 15 is 0 Å². The number of carbonyl (C=O) groups is 6. The zero-order chi connectivity index (χ0) is 53.5. The predicted octanol–water partition coefficient (Wildman–Crippen LogP) is 6.81. The van der Waals surface area contributed by atoms with Crippen LogP contribution in [0.15, 0.2) is 79.0 Å². The number of alkyl carbamates (subject to hydrolysis) is 2. The summed E-state index contributed by atoms with van der Waals surface area (Å²) < 4.78 is 15.1. The third-order valence-corrected chi connectivity index (χ3v) is 15.3. The van der Waals surface area contributed by atoms with Gasteiger partial charge in [0.05, 0.1) is 50.2 Å². The summed E-state index contributed by atoms with van der Waals surface area (Å²) in [5, 5.41) is 11.3. The van der Waals surface area contributed by atoms with E-state index in [1.54, 1.807) is 0 Å². The van der Waals surface area contributed by atoms with Crippen LogP contribution in [0.25, 0.3) is 11.1 Å². The summed E-state index contributed by atoms with van der Waals surface area (Å²) in [4.78, 5) is 89.7. The second kappa shape index (κ2) is 23.9. The second-order valence-electron chi connectivity index (χ2n) is 20.7. The lowest BCUT2D eigenvalue weighted by Crippen LogP contribution is -2.54. The highest BCUT2D eigenvalue weighted by molar-refractivity contribution is 6.01. The predicted molar refractivity (Wildman–Crippen MR) is 287 cm³/mol. The summed E-state index contributed by atoms with van der Waals surface area (Å²) in [6.45, 7) is 11.0. The highest BCUT2D eigenvalue weighted by Crippen LogP contribution is 2.55. The van der Waals surface area contributed by atoms with Gasteiger partial charge in [0.1, 0.15) is 30.0 Å². The number of pyridine rings is 1. The van der Waals surface area contributed by atoms with E-state index in [4.69, 9.17) is 30.7 Å². The zero-order valence-electron chi connectivity index (χ0n) is 43.8. The Kier molecular flexibility index (Phi) is 17.1. The van der Waals surface area contributed by atoms with Crippen molar-refractivity contribution in [2.24, 2.45) is 11.8 Å². The molecule has 19 heteroatoms. The smallest absolute Gasteiger partial charge is 0.407 e. The molecule has 400 valence electrons. The first-order valence-corrected chi connectivity index (χ1v) is 26.2. The lowest BCUT2D eigenvalue weighted by molar-refractivity contribution is -0.139. The van der Waals surface area contributed by atoms with Gasteiger partial charge >= 0.3 is 12.2 Å². The fourth-order valence-electron chi connectivity index (χ4n) is 11.3. The Morgan fingerprint density at radius 2 is 1.12 bits per heavy atom. The van der Waals surface area contributed by atoms with Crippen LogP contribution >= 0.6 is 0 Å². The van der Waals surface area contributed by atoms with Crippen LogP contribution in [-0.4, -0.2) is 128 Å². The van der Waals surface area contributed by atoms with Gasteiger partial charge in [-0.15, -0.1) is 0 Å². The molecule has 3 saturated heterocycles. The molecule has 4 aromatic rings. The largest absolute Gasteiger partial charge is 0.453 e. The summed E-state index contributed by atoms with van der Waals surface area (Å²) in [5.41, 5.74) is 20.4. The fraction of sp³-hybridized carbons (Fsp3) is 0.482. The van der Waals surface area contributed by atoms with Crippen molar-refractivity contribution in [2.75, 3.05) is 80.6 Å². The normalized spacial score (nSPS) is 20.7. The summed E-state index contributed by atoms with van der Waals surface area (Å²) in [7, 11) is 2.48. The molecule has 6 atom stereocenters. The zero-order valence-corrected chi connectivity index (χ0v) is 43.8. The number of aromatic nitrogens is 1. The van der Waals surface area contributed by atoms with Gasteiger partial charge in [0, 0.05) is 37.9 Å². The molecule has 8 N–H and O–H groups in total. The number of nitrogens with two attached hydrogens (primary N) is 2. The number of anilines is 5. The number of rotatable bonds is 15. The first-order chi connectivity index (χ1) is 36.1. The van der Waals surface area contributed by atoms with Gasteiger partial charge in [0.15, 0.2) is 0 Å². The molecule has 3 aliphatic heterocycles. The molecule has 0 spiro atoms. The van der Waals surface area contributed by atoms with Gasteiger partial charge in [-0.25, -0.2) is 14.6 Å². The number of likely N-dealkylation sites (tertiary alicyclic amines) is 2.